The number of hydrogen-bond acceptors (Lipinski definition) is 6. The van der Waals surface area contributed by atoms with Gasteiger partial charge < -0.3 is 25.4 Å². The molecule has 0 amide bonds. The molecule has 1 aliphatic rings. The summed E-state index contributed by atoms with van der Waals surface area (Å²) in [6.45, 7) is 1.86. The van der Waals surface area contributed by atoms with Crippen molar-refractivity contribution < 1.29 is 43.6 Å². The molecule has 4 aromatic rings. The number of benzene rings is 4. The average Bonchev–Trinajstić information content (AvgIpc) is 3.33. The maximum Gasteiger partial charge on any atom is 0.335 e. The molecule has 9 nitrogen and oxygen atoms in total. The number of carboxylic acids is 3. The summed E-state index contributed by atoms with van der Waals surface area (Å²) in [5, 5.41) is 29.9. The Bertz CT molecular complexity index is 1620. The molecule has 220 valence electrons. The Kier molecular flexibility index (Phi) is 9.51. The van der Waals surface area contributed by atoms with Gasteiger partial charge >= 0.3 is 17.9 Å². The van der Waals surface area contributed by atoms with Crippen LogP contribution in [-0.4, -0.2) is 45.1 Å². The van der Waals surface area contributed by atoms with Gasteiger partial charge in [0, 0.05) is 17.2 Å². The molecule has 0 radical (unpaired) electrons. The van der Waals surface area contributed by atoms with E-state index in [0.717, 1.165) is 11.1 Å². The number of rotatable bonds is 9. The molecule has 1 aliphatic heterocycles. The highest BCUT2D eigenvalue weighted by Gasteiger charge is 2.38. The zero-order valence-electron chi connectivity index (χ0n) is 23.0. The Hall–Kier alpha value is -5.51. The molecule has 10 heteroatoms. The topological polar surface area (TPSA) is 150 Å². The van der Waals surface area contributed by atoms with Crippen LogP contribution in [0.3, 0.4) is 0 Å². The van der Waals surface area contributed by atoms with Crippen molar-refractivity contribution in [2.24, 2.45) is 0 Å². The number of ether oxygens (including phenoxy) is 1. The van der Waals surface area contributed by atoms with E-state index in [0.29, 0.717) is 23.6 Å². The fraction of sp³-hybridized carbons (Fsp3) is 0.152. The van der Waals surface area contributed by atoms with Gasteiger partial charge in [-0.05, 0) is 78.2 Å². The number of halogens is 1. The monoisotopic (exact) mass is 585 g/mol. The summed E-state index contributed by atoms with van der Waals surface area (Å²) in [6.07, 6.45) is -0.209. The molecule has 2 atom stereocenters. The van der Waals surface area contributed by atoms with Crippen molar-refractivity contribution in [1.82, 2.24) is 0 Å². The Morgan fingerprint density at radius 1 is 0.814 bits per heavy atom. The molecule has 0 aromatic heterocycles. The van der Waals surface area contributed by atoms with E-state index < -0.39 is 35.7 Å². The van der Waals surface area contributed by atoms with E-state index >= 15 is 0 Å². The Morgan fingerprint density at radius 2 is 1.44 bits per heavy atom. The average molecular weight is 586 g/mol. The van der Waals surface area contributed by atoms with Gasteiger partial charge in [0.25, 0.3) is 0 Å². The van der Waals surface area contributed by atoms with E-state index in [9.17, 15) is 28.7 Å². The van der Waals surface area contributed by atoms with Gasteiger partial charge in [-0.3, -0.25) is 9.59 Å². The fourth-order valence-electron chi connectivity index (χ4n) is 4.81. The number of aliphatic carboxylic acids is 1. The van der Waals surface area contributed by atoms with E-state index in [1.807, 2.05) is 30.3 Å². The summed E-state index contributed by atoms with van der Waals surface area (Å²) >= 11 is 0. The van der Waals surface area contributed by atoms with Crippen molar-refractivity contribution in [3.63, 3.8) is 0 Å². The lowest BCUT2D eigenvalue weighted by atomic mass is 9.87. The first-order chi connectivity index (χ1) is 20.5. The van der Waals surface area contributed by atoms with Gasteiger partial charge in [0.05, 0.1) is 23.6 Å². The quantitative estimate of drug-likeness (QED) is 0.173. The molecule has 43 heavy (non-hydrogen) atoms. The van der Waals surface area contributed by atoms with Gasteiger partial charge in [-0.25, -0.2) is 14.0 Å². The molecule has 0 saturated carbocycles. The van der Waals surface area contributed by atoms with Crippen LogP contribution >= 0.6 is 0 Å². The van der Waals surface area contributed by atoms with Crippen molar-refractivity contribution in [3.8, 4) is 5.75 Å². The van der Waals surface area contributed by atoms with Gasteiger partial charge in [0.15, 0.2) is 5.78 Å². The lowest BCUT2D eigenvalue weighted by Crippen LogP contribution is -2.32. The molecule has 4 aromatic carbocycles. The second kappa shape index (κ2) is 13.4. The smallest absolute Gasteiger partial charge is 0.335 e. The van der Waals surface area contributed by atoms with Gasteiger partial charge in [-0.15, -0.1) is 0 Å². The molecule has 1 heterocycles. The number of carbonyl (C=O) groups excluding carboxylic acids is 1. The van der Waals surface area contributed by atoms with Crippen LogP contribution in [0.5, 0.6) is 5.75 Å². The molecule has 0 spiro atoms. The number of aromatic carboxylic acids is 2. The van der Waals surface area contributed by atoms with Crippen LogP contribution in [0, 0.1) is 12.7 Å². The highest BCUT2D eigenvalue weighted by Crippen LogP contribution is 2.41. The van der Waals surface area contributed by atoms with Gasteiger partial charge in [0.1, 0.15) is 18.2 Å². The highest BCUT2D eigenvalue weighted by molar-refractivity contribution is 6.04. The number of hydrogen-bond donors (Lipinski definition) is 4. The van der Waals surface area contributed by atoms with Crippen LogP contribution < -0.4 is 10.1 Å². The van der Waals surface area contributed by atoms with Crippen molar-refractivity contribution >= 4 is 29.4 Å². The Morgan fingerprint density at radius 3 is 2.02 bits per heavy atom. The van der Waals surface area contributed by atoms with Gasteiger partial charge in [-0.1, -0.05) is 36.4 Å². The predicted molar refractivity (Wildman–Crippen MR) is 155 cm³/mol. The summed E-state index contributed by atoms with van der Waals surface area (Å²) in [4.78, 5) is 45.7. The molecule has 0 fully saturated rings. The van der Waals surface area contributed by atoms with Gasteiger partial charge in [0.2, 0.25) is 0 Å². The van der Waals surface area contributed by atoms with Gasteiger partial charge in [-0.2, -0.15) is 0 Å². The van der Waals surface area contributed by atoms with Crippen LogP contribution in [0.15, 0.2) is 91.0 Å². The third-order valence-corrected chi connectivity index (χ3v) is 6.98. The van der Waals surface area contributed by atoms with Crippen molar-refractivity contribution in [3.05, 3.63) is 130 Å². The lowest BCUT2D eigenvalue weighted by Gasteiger charge is -2.18. The molecular weight excluding hydrogens is 557 g/mol. The maximum absolute atomic E-state index is 13.2. The number of anilines is 1. The number of nitrogens with one attached hydrogen (secondary N) is 1. The summed E-state index contributed by atoms with van der Waals surface area (Å²) in [5.74, 6) is -3.89. The zero-order valence-corrected chi connectivity index (χ0v) is 23.0. The minimum atomic E-state index is -1.11. The summed E-state index contributed by atoms with van der Waals surface area (Å²) in [5.41, 5.74) is 3.11. The summed E-state index contributed by atoms with van der Waals surface area (Å²) in [6, 6.07) is 23.8. The molecular formula is C33H28FNO8. The third kappa shape index (κ3) is 7.42. The fourth-order valence-corrected chi connectivity index (χ4v) is 4.81. The van der Waals surface area contributed by atoms with E-state index in [-0.39, 0.29) is 28.9 Å². The molecule has 0 saturated heterocycles. The molecule has 5 rings (SSSR count). The number of ketones is 1. The second-order valence-corrected chi connectivity index (χ2v) is 9.81. The normalized spacial score (nSPS) is 14.8. The van der Waals surface area contributed by atoms with E-state index in [2.05, 4.69) is 5.32 Å². The van der Waals surface area contributed by atoms with Crippen LogP contribution in [0.2, 0.25) is 0 Å². The van der Waals surface area contributed by atoms with Crippen LogP contribution in [0.1, 0.15) is 60.1 Å². The summed E-state index contributed by atoms with van der Waals surface area (Å²) < 4.78 is 19.1. The number of fused-ring (bicyclic) bond motifs is 1. The zero-order chi connectivity index (χ0) is 31.1. The number of Topliss-reactive ketones (excluding diaryl/α,β-unsaturated/α-hetero) is 1. The van der Waals surface area contributed by atoms with Crippen LogP contribution in [-0.2, 0) is 11.4 Å². The van der Waals surface area contributed by atoms with Crippen molar-refractivity contribution in [2.75, 3.05) is 5.32 Å². The van der Waals surface area contributed by atoms with Crippen LogP contribution in [0.4, 0.5) is 10.1 Å². The maximum atomic E-state index is 13.2. The molecule has 2 unspecified atom stereocenters. The minimum Gasteiger partial charge on any atom is -0.489 e. The van der Waals surface area contributed by atoms with Crippen molar-refractivity contribution in [2.45, 2.75) is 31.9 Å². The highest BCUT2D eigenvalue weighted by atomic mass is 19.1. The molecule has 0 bridgehead atoms. The van der Waals surface area contributed by atoms with Crippen LogP contribution in [0.25, 0.3) is 0 Å². The SMILES string of the molecule is Cc1c(C(=O)O)cccc1C(=O)O.O=C(O)CC1c2cc(OCc3ccccc3)ccc2NC1C(=O)c1ccc(F)cc1. The molecule has 4 N–H and O–H groups in total. The van der Waals surface area contributed by atoms with E-state index in [4.69, 9.17) is 14.9 Å². The van der Waals surface area contributed by atoms with E-state index in [1.54, 1.807) is 18.2 Å². The Labute approximate surface area is 246 Å². The number of carboxylic acid groups (broad SMARTS) is 3. The lowest BCUT2D eigenvalue weighted by molar-refractivity contribution is -0.137. The first-order valence-corrected chi connectivity index (χ1v) is 13.2. The third-order valence-electron chi connectivity index (χ3n) is 6.98. The first kappa shape index (κ1) is 30.4. The van der Waals surface area contributed by atoms with E-state index in [1.165, 1.54) is 49.4 Å². The minimum absolute atomic E-state index is 0.0277. The second-order valence-electron chi connectivity index (χ2n) is 9.81. The summed E-state index contributed by atoms with van der Waals surface area (Å²) in [7, 11) is 0. The Balaban J connectivity index is 0.000000273. The number of carbonyl (C=O) groups is 4. The largest absolute Gasteiger partial charge is 0.489 e. The molecule has 0 aliphatic carbocycles. The standard InChI is InChI=1S/C24H20FNO4.C9H8O4/c25-17-8-6-16(7-9-17)24(29)23-20(13-22(27)28)19-12-18(10-11-21(19)26-23)30-14-15-4-2-1-3-5-15;1-5-6(8(10)11)3-2-4-7(5)9(12)13/h1-12,20,23,26H,13-14H2,(H,27,28);2-4H,1H3,(H,10,11)(H,12,13). The first-order valence-electron chi connectivity index (χ1n) is 13.2. The van der Waals surface area contributed by atoms with Crippen molar-refractivity contribution in [1.29, 1.82) is 0 Å². The predicted octanol–water partition coefficient (Wildman–Crippen LogP) is 6.03.